The molecule has 1 aromatic carbocycles. The van der Waals surface area contributed by atoms with Crippen LogP contribution in [0.4, 0.5) is 0 Å². The monoisotopic (exact) mass is 377 g/mol. The van der Waals surface area contributed by atoms with Crippen molar-refractivity contribution in [2.24, 2.45) is 4.99 Å². The van der Waals surface area contributed by atoms with E-state index in [1.165, 1.54) is 18.4 Å². The van der Waals surface area contributed by atoms with Gasteiger partial charge in [0.15, 0.2) is 5.96 Å². The van der Waals surface area contributed by atoms with Gasteiger partial charge in [0.2, 0.25) is 0 Å². The van der Waals surface area contributed by atoms with Gasteiger partial charge in [-0.05, 0) is 25.3 Å². The van der Waals surface area contributed by atoms with E-state index < -0.39 is 0 Å². The SMILES string of the molecule is CCCCOCCOCCNC(=NC)NCC1(c2ccccc2OC)CC1. The molecule has 0 aromatic heterocycles. The summed E-state index contributed by atoms with van der Waals surface area (Å²) in [6.45, 7) is 6.48. The summed E-state index contributed by atoms with van der Waals surface area (Å²) in [7, 11) is 3.53. The number of methoxy groups -OCH3 is 1. The standard InChI is InChI=1S/C21H35N3O3/c1-4-5-13-26-15-16-27-14-12-23-20(22-2)24-17-21(10-11-21)18-8-6-7-9-19(18)25-3/h6-9H,4-5,10-17H2,1-3H3,(H2,22,23,24). The maximum atomic E-state index is 5.58. The first-order valence-electron chi connectivity index (χ1n) is 9.99. The van der Waals surface area contributed by atoms with Gasteiger partial charge in [0, 0.05) is 37.7 Å². The molecule has 0 spiro atoms. The predicted octanol–water partition coefficient (Wildman–Crippen LogP) is 2.73. The largest absolute Gasteiger partial charge is 0.496 e. The first-order chi connectivity index (χ1) is 13.3. The molecule has 0 saturated heterocycles. The van der Waals surface area contributed by atoms with Gasteiger partial charge in [0.05, 0.1) is 26.9 Å². The van der Waals surface area contributed by atoms with Crippen molar-refractivity contribution in [2.45, 2.75) is 38.0 Å². The number of hydrogen-bond donors (Lipinski definition) is 2. The van der Waals surface area contributed by atoms with E-state index in [9.17, 15) is 0 Å². The predicted molar refractivity (Wildman–Crippen MR) is 110 cm³/mol. The molecule has 0 aliphatic heterocycles. The Morgan fingerprint density at radius 3 is 2.48 bits per heavy atom. The zero-order chi connectivity index (χ0) is 19.4. The van der Waals surface area contributed by atoms with E-state index in [-0.39, 0.29) is 5.41 Å². The maximum Gasteiger partial charge on any atom is 0.191 e. The van der Waals surface area contributed by atoms with E-state index in [1.807, 2.05) is 12.1 Å². The molecule has 0 atom stereocenters. The van der Waals surface area contributed by atoms with Crippen molar-refractivity contribution in [3.63, 3.8) is 0 Å². The first-order valence-corrected chi connectivity index (χ1v) is 9.99. The van der Waals surface area contributed by atoms with Gasteiger partial charge in [0.1, 0.15) is 5.75 Å². The van der Waals surface area contributed by atoms with Crippen molar-refractivity contribution in [1.29, 1.82) is 0 Å². The summed E-state index contributed by atoms with van der Waals surface area (Å²) in [5.74, 6) is 1.77. The van der Waals surface area contributed by atoms with Crippen LogP contribution in [0.25, 0.3) is 0 Å². The number of hydrogen-bond acceptors (Lipinski definition) is 4. The number of nitrogens with one attached hydrogen (secondary N) is 2. The van der Waals surface area contributed by atoms with Crippen LogP contribution in [0.15, 0.2) is 29.3 Å². The van der Waals surface area contributed by atoms with Crippen LogP contribution in [0.5, 0.6) is 5.75 Å². The second-order valence-corrected chi connectivity index (χ2v) is 6.91. The number of ether oxygens (including phenoxy) is 3. The molecule has 0 unspecified atom stereocenters. The average Bonchev–Trinajstić information content (AvgIpc) is 3.50. The summed E-state index contributed by atoms with van der Waals surface area (Å²) in [5.41, 5.74) is 1.43. The third kappa shape index (κ3) is 7.03. The second-order valence-electron chi connectivity index (χ2n) is 6.91. The molecule has 1 aliphatic carbocycles. The summed E-state index contributed by atoms with van der Waals surface area (Å²) >= 11 is 0. The Hall–Kier alpha value is -1.79. The van der Waals surface area contributed by atoms with Crippen molar-refractivity contribution in [1.82, 2.24) is 10.6 Å². The third-order valence-corrected chi connectivity index (χ3v) is 4.90. The smallest absolute Gasteiger partial charge is 0.191 e. The summed E-state index contributed by atoms with van der Waals surface area (Å²) in [4.78, 5) is 4.31. The lowest BCUT2D eigenvalue weighted by Gasteiger charge is -2.21. The molecule has 6 heteroatoms. The Morgan fingerprint density at radius 2 is 1.81 bits per heavy atom. The summed E-state index contributed by atoms with van der Waals surface area (Å²) in [6.07, 6.45) is 4.60. The van der Waals surface area contributed by atoms with Crippen molar-refractivity contribution in [3.05, 3.63) is 29.8 Å². The summed E-state index contributed by atoms with van der Waals surface area (Å²) in [5, 5.41) is 6.75. The lowest BCUT2D eigenvalue weighted by molar-refractivity contribution is 0.0487. The van der Waals surface area contributed by atoms with E-state index in [2.05, 4.69) is 34.7 Å². The van der Waals surface area contributed by atoms with Crippen LogP contribution in [-0.2, 0) is 14.9 Å². The van der Waals surface area contributed by atoms with Gasteiger partial charge >= 0.3 is 0 Å². The van der Waals surface area contributed by atoms with Crippen molar-refractivity contribution < 1.29 is 14.2 Å². The van der Waals surface area contributed by atoms with E-state index in [4.69, 9.17) is 14.2 Å². The molecule has 1 saturated carbocycles. The van der Waals surface area contributed by atoms with Crippen LogP contribution in [0, 0.1) is 0 Å². The Balaban J connectivity index is 1.64. The number of para-hydroxylation sites is 1. The molecule has 1 fully saturated rings. The van der Waals surface area contributed by atoms with E-state index in [0.29, 0.717) is 19.8 Å². The highest BCUT2D eigenvalue weighted by Crippen LogP contribution is 2.50. The van der Waals surface area contributed by atoms with Gasteiger partial charge in [-0.25, -0.2) is 0 Å². The molecular weight excluding hydrogens is 342 g/mol. The molecule has 152 valence electrons. The van der Waals surface area contributed by atoms with E-state index >= 15 is 0 Å². The third-order valence-electron chi connectivity index (χ3n) is 4.90. The molecule has 2 N–H and O–H groups in total. The molecule has 0 radical (unpaired) electrons. The van der Waals surface area contributed by atoms with Crippen molar-refractivity contribution >= 4 is 5.96 Å². The zero-order valence-corrected chi connectivity index (χ0v) is 17.1. The second kappa shape index (κ2) is 11.8. The Labute approximate surface area is 163 Å². The number of nitrogens with zero attached hydrogens (tertiary/aromatic N) is 1. The van der Waals surface area contributed by atoms with Crippen molar-refractivity contribution in [3.8, 4) is 5.75 Å². The molecule has 1 aliphatic rings. The normalized spacial score (nSPS) is 15.4. The Morgan fingerprint density at radius 1 is 1.07 bits per heavy atom. The summed E-state index contributed by atoms with van der Waals surface area (Å²) < 4.78 is 16.6. The molecule has 2 rings (SSSR count). The summed E-state index contributed by atoms with van der Waals surface area (Å²) in [6, 6.07) is 8.29. The van der Waals surface area contributed by atoms with Crippen LogP contribution in [-0.4, -0.2) is 59.6 Å². The highest BCUT2D eigenvalue weighted by molar-refractivity contribution is 5.79. The zero-order valence-electron chi connectivity index (χ0n) is 17.1. The number of guanidine groups is 1. The molecule has 0 bridgehead atoms. The molecule has 0 heterocycles. The highest BCUT2D eigenvalue weighted by Gasteiger charge is 2.45. The molecule has 27 heavy (non-hydrogen) atoms. The van der Waals surface area contributed by atoms with Gasteiger partial charge in [-0.2, -0.15) is 0 Å². The minimum atomic E-state index is 0.149. The van der Waals surface area contributed by atoms with Crippen LogP contribution in [0.1, 0.15) is 38.2 Å². The van der Waals surface area contributed by atoms with Gasteiger partial charge in [-0.3, -0.25) is 4.99 Å². The minimum absolute atomic E-state index is 0.149. The van der Waals surface area contributed by atoms with Gasteiger partial charge < -0.3 is 24.8 Å². The fourth-order valence-electron chi connectivity index (χ4n) is 3.06. The minimum Gasteiger partial charge on any atom is -0.496 e. The van der Waals surface area contributed by atoms with Crippen LogP contribution in [0.2, 0.25) is 0 Å². The molecule has 6 nitrogen and oxygen atoms in total. The van der Waals surface area contributed by atoms with Crippen molar-refractivity contribution in [2.75, 3.05) is 53.7 Å². The van der Waals surface area contributed by atoms with Gasteiger partial charge in [-0.1, -0.05) is 31.5 Å². The van der Waals surface area contributed by atoms with Gasteiger partial charge in [0.25, 0.3) is 0 Å². The van der Waals surface area contributed by atoms with Crippen LogP contribution in [0.3, 0.4) is 0 Å². The quantitative estimate of drug-likeness (QED) is 0.314. The highest BCUT2D eigenvalue weighted by atomic mass is 16.5. The number of rotatable bonds is 13. The molecule has 1 aromatic rings. The lowest BCUT2D eigenvalue weighted by Crippen LogP contribution is -2.42. The van der Waals surface area contributed by atoms with Crippen LogP contribution < -0.4 is 15.4 Å². The van der Waals surface area contributed by atoms with E-state index in [1.54, 1.807) is 14.2 Å². The van der Waals surface area contributed by atoms with Gasteiger partial charge in [-0.15, -0.1) is 0 Å². The molecule has 0 amide bonds. The maximum absolute atomic E-state index is 5.58. The van der Waals surface area contributed by atoms with Crippen LogP contribution >= 0.6 is 0 Å². The number of unbranched alkanes of at least 4 members (excludes halogenated alkanes) is 1. The lowest BCUT2D eigenvalue weighted by atomic mass is 9.95. The number of aliphatic imine (C=N–C) groups is 1. The van der Waals surface area contributed by atoms with E-state index in [0.717, 1.165) is 44.2 Å². The topological polar surface area (TPSA) is 64.1 Å². The average molecular weight is 378 g/mol. The first kappa shape index (κ1) is 21.5. The fraction of sp³-hybridized carbons (Fsp3) is 0.667. The molecular formula is C21H35N3O3. The Kier molecular flexibility index (Phi) is 9.42. The Bertz CT molecular complexity index is 574. The fourth-order valence-corrected chi connectivity index (χ4v) is 3.06. The number of benzene rings is 1.